The Morgan fingerprint density at radius 1 is 1.36 bits per heavy atom. The van der Waals surface area contributed by atoms with Crippen molar-refractivity contribution in [3.8, 4) is 11.4 Å². The first kappa shape index (κ1) is 23.3. The van der Waals surface area contributed by atoms with Crippen LogP contribution in [0.2, 0.25) is 5.02 Å². The van der Waals surface area contributed by atoms with Crippen molar-refractivity contribution in [2.45, 2.75) is 40.0 Å². The van der Waals surface area contributed by atoms with E-state index >= 15 is 0 Å². The van der Waals surface area contributed by atoms with Crippen LogP contribution < -0.4 is 5.32 Å². The van der Waals surface area contributed by atoms with Gasteiger partial charge in [-0.15, -0.1) is 0 Å². The number of fused-ring (bicyclic) bond motifs is 1. The van der Waals surface area contributed by atoms with Crippen LogP contribution in [0.5, 0.6) is 0 Å². The van der Waals surface area contributed by atoms with E-state index in [0.717, 1.165) is 60.3 Å². The van der Waals surface area contributed by atoms with Crippen molar-refractivity contribution >= 4 is 34.5 Å². The van der Waals surface area contributed by atoms with E-state index in [-0.39, 0.29) is 6.09 Å². The smallest absolute Gasteiger partial charge is 0.409 e. The first-order valence-electron chi connectivity index (χ1n) is 11.6. The summed E-state index contributed by atoms with van der Waals surface area (Å²) in [6, 6.07) is 1.87. The number of ether oxygens (including phenoxy) is 1. The second kappa shape index (κ2) is 10.4. The predicted molar refractivity (Wildman–Crippen MR) is 130 cm³/mol. The molecule has 4 heterocycles. The molecule has 1 saturated heterocycles. The molecule has 33 heavy (non-hydrogen) atoms. The minimum atomic E-state index is -0.210. The quantitative estimate of drug-likeness (QED) is 0.495. The topological polar surface area (TPSA) is 96.0 Å². The van der Waals surface area contributed by atoms with Crippen molar-refractivity contribution in [1.82, 2.24) is 24.8 Å². The molecule has 1 amide bonds. The SMILES string of the molecule is CCc1cnc(-c2c[nH]c3ncc(Cl)cc23)nc1NC[C@@H]1CCCN(C(=O)OCC(C)C)C1. The van der Waals surface area contributed by atoms with Gasteiger partial charge < -0.3 is 19.9 Å². The van der Waals surface area contributed by atoms with Crippen LogP contribution >= 0.6 is 11.6 Å². The number of carbonyl (C=O) groups excluding carboxylic acids is 1. The number of likely N-dealkylation sites (tertiary alicyclic amines) is 1. The maximum Gasteiger partial charge on any atom is 0.409 e. The normalized spacial score (nSPS) is 16.4. The summed E-state index contributed by atoms with van der Waals surface area (Å²) in [6.45, 7) is 8.80. The average Bonchev–Trinajstić information content (AvgIpc) is 3.24. The Balaban J connectivity index is 1.46. The number of nitrogens with one attached hydrogen (secondary N) is 2. The fourth-order valence-corrected chi connectivity index (χ4v) is 4.24. The maximum atomic E-state index is 12.4. The molecule has 0 unspecified atom stereocenters. The molecule has 0 spiro atoms. The number of pyridine rings is 1. The maximum absolute atomic E-state index is 12.4. The molecule has 1 aliphatic rings. The van der Waals surface area contributed by atoms with Crippen LogP contribution in [0.25, 0.3) is 22.4 Å². The van der Waals surface area contributed by atoms with E-state index in [0.29, 0.717) is 35.8 Å². The molecule has 0 aromatic carbocycles. The van der Waals surface area contributed by atoms with Crippen LogP contribution in [0.1, 0.15) is 39.2 Å². The highest BCUT2D eigenvalue weighted by molar-refractivity contribution is 6.31. The van der Waals surface area contributed by atoms with Gasteiger partial charge in [0.2, 0.25) is 0 Å². The standard InChI is InChI=1S/C24H31ClN6O2/c1-4-17-10-27-23(20-12-29-22-19(20)8-18(25)11-28-22)30-21(17)26-9-16-6-5-7-31(13-16)24(32)33-14-15(2)3/h8,10-12,15-16H,4-7,9,13-14H2,1-3H3,(H,28,29)(H,26,27,30)/t16-/m0/s1. The lowest BCUT2D eigenvalue weighted by atomic mass is 9.98. The number of hydrogen-bond acceptors (Lipinski definition) is 6. The van der Waals surface area contributed by atoms with Crippen molar-refractivity contribution < 1.29 is 9.53 Å². The number of halogens is 1. The van der Waals surface area contributed by atoms with Crippen molar-refractivity contribution in [1.29, 1.82) is 0 Å². The Hall–Kier alpha value is -2.87. The highest BCUT2D eigenvalue weighted by Gasteiger charge is 2.25. The van der Waals surface area contributed by atoms with Gasteiger partial charge in [-0.3, -0.25) is 0 Å². The summed E-state index contributed by atoms with van der Waals surface area (Å²) in [4.78, 5) is 31.1. The second-order valence-electron chi connectivity index (χ2n) is 8.98. The molecular formula is C24H31ClN6O2. The molecule has 4 rings (SSSR count). The highest BCUT2D eigenvalue weighted by atomic mass is 35.5. The molecule has 0 bridgehead atoms. The first-order chi connectivity index (χ1) is 15.9. The number of aromatic amines is 1. The molecule has 0 aliphatic carbocycles. The molecule has 1 atom stereocenters. The average molecular weight is 471 g/mol. The van der Waals surface area contributed by atoms with Crippen molar-refractivity contribution in [3.05, 3.63) is 35.2 Å². The zero-order chi connectivity index (χ0) is 23.4. The number of H-pyrrole nitrogens is 1. The molecule has 0 saturated carbocycles. The zero-order valence-corrected chi connectivity index (χ0v) is 20.2. The molecule has 0 radical (unpaired) electrons. The predicted octanol–water partition coefficient (Wildman–Crippen LogP) is 5.15. The summed E-state index contributed by atoms with van der Waals surface area (Å²) in [5.74, 6) is 2.11. The third-order valence-electron chi connectivity index (χ3n) is 5.86. The number of rotatable bonds is 7. The molecule has 176 valence electrons. The van der Waals surface area contributed by atoms with E-state index in [1.165, 1.54) is 0 Å². The Morgan fingerprint density at radius 3 is 3.00 bits per heavy atom. The molecule has 3 aromatic rings. The summed E-state index contributed by atoms with van der Waals surface area (Å²) in [5, 5.41) is 4.98. The van der Waals surface area contributed by atoms with Crippen LogP contribution in [-0.2, 0) is 11.2 Å². The Morgan fingerprint density at radius 2 is 2.21 bits per heavy atom. The van der Waals surface area contributed by atoms with Crippen LogP contribution in [0.15, 0.2) is 24.7 Å². The van der Waals surface area contributed by atoms with Gasteiger partial charge in [0.15, 0.2) is 5.82 Å². The van der Waals surface area contributed by atoms with E-state index in [1.807, 2.05) is 37.2 Å². The van der Waals surface area contributed by atoms with Crippen LogP contribution in [0, 0.1) is 11.8 Å². The molecular weight excluding hydrogens is 440 g/mol. The molecule has 8 nitrogen and oxygen atoms in total. The summed E-state index contributed by atoms with van der Waals surface area (Å²) < 4.78 is 5.42. The molecule has 1 aliphatic heterocycles. The summed E-state index contributed by atoms with van der Waals surface area (Å²) >= 11 is 6.15. The largest absolute Gasteiger partial charge is 0.449 e. The second-order valence-corrected chi connectivity index (χ2v) is 9.42. The number of carbonyl (C=O) groups is 1. The van der Waals surface area contributed by atoms with E-state index in [9.17, 15) is 4.79 Å². The van der Waals surface area contributed by atoms with E-state index < -0.39 is 0 Å². The summed E-state index contributed by atoms with van der Waals surface area (Å²) in [6.07, 6.45) is 8.00. The number of hydrogen-bond donors (Lipinski definition) is 2. The van der Waals surface area contributed by atoms with Gasteiger partial charge in [-0.25, -0.2) is 19.7 Å². The van der Waals surface area contributed by atoms with Crippen LogP contribution in [0.3, 0.4) is 0 Å². The minimum Gasteiger partial charge on any atom is -0.449 e. The molecule has 9 heteroatoms. The van der Waals surface area contributed by atoms with Gasteiger partial charge in [0, 0.05) is 54.7 Å². The van der Waals surface area contributed by atoms with Gasteiger partial charge in [0.1, 0.15) is 11.5 Å². The lowest BCUT2D eigenvalue weighted by Crippen LogP contribution is -2.42. The van der Waals surface area contributed by atoms with Crippen molar-refractivity contribution in [3.63, 3.8) is 0 Å². The number of nitrogens with zero attached hydrogens (tertiary/aromatic N) is 4. The lowest BCUT2D eigenvalue weighted by molar-refractivity contribution is 0.0772. The van der Waals surface area contributed by atoms with Gasteiger partial charge in [-0.1, -0.05) is 32.4 Å². The Bertz CT molecular complexity index is 1120. The number of aryl methyl sites for hydroxylation is 1. The van der Waals surface area contributed by atoms with E-state index in [4.69, 9.17) is 21.3 Å². The lowest BCUT2D eigenvalue weighted by Gasteiger charge is -2.32. The fraction of sp³-hybridized carbons (Fsp3) is 0.500. The van der Waals surface area contributed by atoms with Gasteiger partial charge in [-0.05, 0) is 37.2 Å². The van der Waals surface area contributed by atoms with Crippen molar-refractivity contribution in [2.75, 3.05) is 31.6 Å². The van der Waals surface area contributed by atoms with Gasteiger partial charge in [0.25, 0.3) is 0 Å². The van der Waals surface area contributed by atoms with Crippen LogP contribution in [0.4, 0.5) is 10.6 Å². The fourth-order valence-electron chi connectivity index (χ4n) is 4.08. The Labute approximate surface area is 199 Å². The third kappa shape index (κ3) is 5.55. The van der Waals surface area contributed by atoms with Crippen molar-refractivity contribution in [2.24, 2.45) is 11.8 Å². The van der Waals surface area contributed by atoms with E-state index in [2.05, 4.69) is 27.2 Å². The van der Waals surface area contributed by atoms with Crippen LogP contribution in [-0.4, -0.2) is 57.2 Å². The molecule has 2 N–H and O–H groups in total. The van der Waals surface area contributed by atoms with E-state index in [1.54, 1.807) is 6.20 Å². The minimum absolute atomic E-state index is 0.210. The van der Waals surface area contributed by atoms with Gasteiger partial charge in [-0.2, -0.15) is 0 Å². The zero-order valence-electron chi connectivity index (χ0n) is 19.4. The van der Waals surface area contributed by atoms with Gasteiger partial charge >= 0.3 is 6.09 Å². The Kier molecular flexibility index (Phi) is 7.33. The number of amides is 1. The third-order valence-corrected chi connectivity index (χ3v) is 6.07. The summed E-state index contributed by atoms with van der Waals surface area (Å²) in [5.41, 5.74) is 2.67. The highest BCUT2D eigenvalue weighted by Crippen LogP contribution is 2.29. The molecule has 3 aromatic heterocycles. The number of aromatic nitrogens is 4. The molecule has 1 fully saturated rings. The number of anilines is 1. The summed E-state index contributed by atoms with van der Waals surface area (Å²) in [7, 11) is 0. The first-order valence-corrected chi connectivity index (χ1v) is 12.0. The van der Waals surface area contributed by atoms with Gasteiger partial charge in [0.05, 0.1) is 11.6 Å². The monoisotopic (exact) mass is 470 g/mol. The number of piperidine rings is 1.